The van der Waals surface area contributed by atoms with E-state index in [4.69, 9.17) is 9.47 Å². The van der Waals surface area contributed by atoms with Gasteiger partial charge in [0.15, 0.2) is 6.29 Å². The van der Waals surface area contributed by atoms with Crippen LogP contribution in [0.5, 0.6) is 0 Å². The lowest BCUT2D eigenvalue weighted by atomic mass is 9.97. The number of hydrogen-bond acceptors (Lipinski definition) is 3. The van der Waals surface area contributed by atoms with E-state index in [1.54, 1.807) is 0 Å². The Morgan fingerprint density at radius 3 is 2.35 bits per heavy atom. The molecule has 2 unspecified atom stereocenters. The van der Waals surface area contributed by atoms with Crippen LogP contribution in [0.4, 0.5) is 0 Å². The summed E-state index contributed by atoms with van der Waals surface area (Å²) in [7, 11) is 0. The molecule has 0 aliphatic heterocycles. The van der Waals surface area contributed by atoms with E-state index in [9.17, 15) is 0 Å². The van der Waals surface area contributed by atoms with Crippen LogP contribution >= 0.6 is 0 Å². The summed E-state index contributed by atoms with van der Waals surface area (Å²) in [6, 6.07) is 0.640. The van der Waals surface area contributed by atoms with E-state index in [1.165, 1.54) is 32.1 Å². The van der Waals surface area contributed by atoms with E-state index >= 15 is 0 Å². The van der Waals surface area contributed by atoms with Gasteiger partial charge in [0.25, 0.3) is 0 Å². The molecule has 0 amide bonds. The van der Waals surface area contributed by atoms with Crippen LogP contribution in [0, 0.1) is 5.92 Å². The van der Waals surface area contributed by atoms with Gasteiger partial charge >= 0.3 is 0 Å². The predicted octanol–water partition coefficient (Wildman–Crippen LogP) is 2.94. The third-order valence-electron chi connectivity index (χ3n) is 3.61. The molecule has 0 aromatic heterocycles. The fourth-order valence-electron chi connectivity index (χ4n) is 2.58. The molecule has 2 atom stereocenters. The summed E-state index contributed by atoms with van der Waals surface area (Å²) in [6.45, 7) is 8.63. The van der Waals surface area contributed by atoms with E-state index in [0.717, 1.165) is 12.5 Å². The second kappa shape index (κ2) is 8.90. The Labute approximate surface area is 106 Å². The molecule has 0 radical (unpaired) electrons. The summed E-state index contributed by atoms with van der Waals surface area (Å²) in [6.07, 6.45) is 6.71. The van der Waals surface area contributed by atoms with Crippen molar-refractivity contribution in [2.24, 2.45) is 5.92 Å². The van der Waals surface area contributed by atoms with Gasteiger partial charge in [-0.2, -0.15) is 0 Å². The summed E-state index contributed by atoms with van der Waals surface area (Å²) in [4.78, 5) is 0. The second-order valence-corrected chi connectivity index (χ2v) is 4.97. The van der Waals surface area contributed by atoms with Gasteiger partial charge in [-0.05, 0) is 32.6 Å². The molecule has 0 aromatic carbocycles. The zero-order valence-electron chi connectivity index (χ0n) is 11.7. The standard InChI is InChI=1S/C14H29NO2/c1-4-16-14(17-5-2)11-15-13-10-8-6-7-9-12(13)3/h12-15H,4-11H2,1-3H3. The van der Waals surface area contributed by atoms with Gasteiger partial charge in [0.1, 0.15) is 0 Å². The Morgan fingerprint density at radius 2 is 1.71 bits per heavy atom. The van der Waals surface area contributed by atoms with Crippen LogP contribution in [0.2, 0.25) is 0 Å². The van der Waals surface area contributed by atoms with E-state index in [1.807, 2.05) is 13.8 Å². The minimum absolute atomic E-state index is 0.0829. The molecule has 1 rings (SSSR count). The van der Waals surface area contributed by atoms with Gasteiger partial charge < -0.3 is 14.8 Å². The van der Waals surface area contributed by atoms with Crippen LogP contribution in [-0.2, 0) is 9.47 Å². The molecule has 102 valence electrons. The Morgan fingerprint density at radius 1 is 1.06 bits per heavy atom. The maximum atomic E-state index is 5.56. The molecule has 1 aliphatic rings. The van der Waals surface area contributed by atoms with Crippen molar-refractivity contribution in [2.75, 3.05) is 19.8 Å². The summed E-state index contributed by atoms with van der Waals surface area (Å²) in [5.41, 5.74) is 0. The fourth-order valence-corrected chi connectivity index (χ4v) is 2.58. The van der Waals surface area contributed by atoms with Crippen molar-refractivity contribution in [1.82, 2.24) is 5.32 Å². The normalized spacial score (nSPS) is 26.1. The van der Waals surface area contributed by atoms with Gasteiger partial charge in [0.05, 0.1) is 0 Å². The molecule has 17 heavy (non-hydrogen) atoms. The lowest BCUT2D eigenvalue weighted by molar-refractivity contribution is -0.134. The smallest absolute Gasteiger partial charge is 0.169 e. The summed E-state index contributed by atoms with van der Waals surface area (Å²) in [5, 5.41) is 3.63. The largest absolute Gasteiger partial charge is 0.352 e. The summed E-state index contributed by atoms with van der Waals surface area (Å²) in [5.74, 6) is 0.779. The van der Waals surface area contributed by atoms with Crippen molar-refractivity contribution in [3.05, 3.63) is 0 Å². The zero-order valence-corrected chi connectivity index (χ0v) is 11.7. The lowest BCUT2D eigenvalue weighted by Gasteiger charge is -2.26. The first kappa shape index (κ1) is 14.9. The highest BCUT2D eigenvalue weighted by Crippen LogP contribution is 2.22. The monoisotopic (exact) mass is 243 g/mol. The van der Waals surface area contributed by atoms with Crippen LogP contribution < -0.4 is 5.32 Å². The zero-order chi connectivity index (χ0) is 12.5. The summed E-state index contributed by atoms with van der Waals surface area (Å²) >= 11 is 0. The Balaban J connectivity index is 2.29. The molecule has 1 aliphatic carbocycles. The number of ether oxygens (including phenoxy) is 2. The van der Waals surface area contributed by atoms with Crippen LogP contribution in [-0.4, -0.2) is 32.1 Å². The van der Waals surface area contributed by atoms with Gasteiger partial charge in [-0.3, -0.25) is 0 Å². The van der Waals surface area contributed by atoms with Gasteiger partial charge in [-0.15, -0.1) is 0 Å². The molecule has 3 heteroatoms. The SMILES string of the molecule is CCOC(CNC1CCCCCC1C)OCC. The van der Waals surface area contributed by atoms with Crippen molar-refractivity contribution in [1.29, 1.82) is 0 Å². The molecular weight excluding hydrogens is 214 g/mol. The molecule has 0 spiro atoms. The molecule has 1 saturated carbocycles. The quantitative estimate of drug-likeness (QED) is 0.551. The van der Waals surface area contributed by atoms with Crippen molar-refractivity contribution in [2.45, 2.75) is 65.2 Å². The van der Waals surface area contributed by atoms with E-state index in [2.05, 4.69) is 12.2 Å². The topological polar surface area (TPSA) is 30.5 Å². The molecule has 1 fully saturated rings. The first-order valence-corrected chi connectivity index (χ1v) is 7.24. The van der Waals surface area contributed by atoms with Gasteiger partial charge in [0, 0.05) is 25.8 Å². The van der Waals surface area contributed by atoms with E-state index in [0.29, 0.717) is 19.3 Å². The highest BCUT2D eigenvalue weighted by molar-refractivity contribution is 4.77. The molecule has 0 heterocycles. The minimum atomic E-state index is -0.0829. The van der Waals surface area contributed by atoms with Gasteiger partial charge in [-0.25, -0.2) is 0 Å². The maximum Gasteiger partial charge on any atom is 0.169 e. The molecule has 0 aromatic rings. The third kappa shape index (κ3) is 5.84. The number of nitrogens with one attached hydrogen (secondary N) is 1. The van der Waals surface area contributed by atoms with Crippen molar-refractivity contribution >= 4 is 0 Å². The van der Waals surface area contributed by atoms with Crippen molar-refractivity contribution < 1.29 is 9.47 Å². The molecule has 3 nitrogen and oxygen atoms in total. The first-order valence-electron chi connectivity index (χ1n) is 7.24. The van der Waals surface area contributed by atoms with Crippen molar-refractivity contribution in [3.8, 4) is 0 Å². The maximum absolute atomic E-state index is 5.56. The van der Waals surface area contributed by atoms with Crippen LogP contribution in [0.1, 0.15) is 52.9 Å². The third-order valence-corrected chi connectivity index (χ3v) is 3.61. The highest BCUT2D eigenvalue weighted by Gasteiger charge is 2.20. The fraction of sp³-hybridized carbons (Fsp3) is 1.00. The average Bonchev–Trinajstić information content (AvgIpc) is 2.52. The molecule has 0 saturated heterocycles. The second-order valence-electron chi connectivity index (χ2n) is 4.97. The van der Waals surface area contributed by atoms with Gasteiger partial charge in [0.2, 0.25) is 0 Å². The Bertz CT molecular complexity index is 181. The molecule has 1 N–H and O–H groups in total. The average molecular weight is 243 g/mol. The Hall–Kier alpha value is -0.120. The molecule has 0 bridgehead atoms. The number of hydrogen-bond donors (Lipinski definition) is 1. The van der Waals surface area contributed by atoms with Crippen LogP contribution in [0.3, 0.4) is 0 Å². The first-order chi connectivity index (χ1) is 8.27. The van der Waals surface area contributed by atoms with Crippen LogP contribution in [0.25, 0.3) is 0 Å². The van der Waals surface area contributed by atoms with Crippen LogP contribution in [0.15, 0.2) is 0 Å². The summed E-state index contributed by atoms with van der Waals surface area (Å²) < 4.78 is 11.1. The van der Waals surface area contributed by atoms with E-state index < -0.39 is 0 Å². The molecular formula is C14H29NO2. The minimum Gasteiger partial charge on any atom is -0.352 e. The number of rotatable bonds is 7. The highest BCUT2D eigenvalue weighted by atomic mass is 16.7. The predicted molar refractivity (Wildman–Crippen MR) is 71.1 cm³/mol. The van der Waals surface area contributed by atoms with Crippen molar-refractivity contribution in [3.63, 3.8) is 0 Å². The Kier molecular flexibility index (Phi) is 7.82. The van der Waals surface area contributed by atoms with Gasteiger partial charge in [-0.1, -0.05) is 26.2 Å². The lowest BCUT2D eigenvalue weighted by Crippen LogP contribution is -2.41. The van der Waals surface area contributed by atoms with E-state index in [-0.39, 0.29) is 6.29 Å².